The van der Waals surface area contributed by atoms with E-state index in [1.165, 1.54) is 0 Å². The van der Waals surface area contributed by atoms with Gasteiger partial charge in [-0.3, -0.25) is 4.98 Å². The lowest BCUT2D eigenvalue weighted by molar-refractivity contribution is 0.799. The molecule has 4 rings (SSSR count). The Morgan fingerprint density at radius 1 is 0.962 bits per heavy atom. The van der Waals surface area contributed by atoms with Gasteiger partial charge in [-0.2, -0.15) is 10.2 Å². The highest BCUT2D eigenvalue weighted by Crippen LogP contribution is 2.22. The van der Waals surface area contributed by atoms with E-state index in [9.17, 15) is 0 Å². The van der Waals surface area contributed by atoms with E-state index in [-0.39, 0.29) is 0 Å². The molecule has 0 fully saturated rings. The Labute approximate surface area is 150 Å². The van der Waals surface area contributed by atoms with Crippen molar-refractivity contribution in [2.75, 3.05) is 0 Å². The first-order valence-corrected chi connectivity index (χ1v) is 8.21. The first-order chi connectivity index (χ1) is 12.7. The van der Waals surface area contributed by atoms with Gasteiger partial charge in [-0.1, -0.05) is 18.2 Å². The number of benzene rings is 1. The smallest absolute Gasteiger partial charge is 0.151 e. The van der Waals surface area contributed by atoms with Crippen LogP contribution in [0.1, 0.15) is 17.2 Å². The van der Waals surface area contributed by atoms with Crippen molar-refractivity contribution in [3.63, 3.8) is 0 Å². The molecule has 0 radical (unpaired) electrons. The summed E-state index contributed by atoms with van der Waals surface area (Å²) in [4.78, 5) is 4.20. The molecule has 7 nitrogen and oxygen atoms in total. The van der Waals surface area contributed by atoms with Crippen molar-refractivity contribution in [2.45, 2.75) is 13.8 Å². The third kappa shape index (κ3) is 3.02. The molecule has 128 valence electrons. The molecule has 0 spiro atoms. The highest BCUT2D eigenvalue weighted by Gasteiger charge is 2.11. The number of pyridine rings is 1. The molecule has 26 heavy (non-hydrogen) atoms. The number of aryl methyl sites for hydroxylation is 2. The average Bonchev–Trinajstić information content (AvgIpc) is 3.25. The van der Waals surface area contributed by atoms with Crippen LogP contribution in [0, 0.1) is 13.8 Å². The molecule has 0 aliphatic rings. The first-order valence-electron chi connectivity index (χ1n) is 8.21. The van der Waals surface area contributed by atoms with Crippen molar-refractivity contribution in [3.05, 3.63) is 78.3 Å². The molecule has 0 bridgehead atoms. The van der Waals surface area contributed by atoms with Crippen molar-refractivity contribution in [1.82, 2.24) is 29.6 Å². The quantitative estimate of drug-likeness (QED) is 0.534. The third-order valence-corrected chi connectivity index (χ3v) is 3.96. The predicted octanol–water partition coefficient (Wildman–Crippen LogP) is 3.02. The molecule has 0 saturated heterocycles. The number of hydrogen-bond acceptors (Lipinski definition) is 5. The molecule has 0 aliphatic carbocycles. The Kier molecular flexibility index (Phi) is 4.10. The summed E-state index contributed by atoms with van der Waals surface area (Å²) in [6, 6.07) is 13.8. The van der Waals surface area contributed by atoms with Gasteiger partial charge in [0.15, 0.2) is 11.6 Å². The SMILES string of the molecule is Cc1nnc(C)n1/N=C/c1cn(-c2ccccc2)nc1-c1cccnc1. The Balaban J connectivity index is 1.81. The van der Waals surface area contributed by atoms with Crippen LogP contribution >= 0.6 is 0 Å². The van der Waals surface area contributed by atoms with Crippen LogP contribution in [0.15, 0.2) is 66.2 Å². The van der Waals surface area contributed by atoms with E-state index in [1.54, 1.807) is 23.3 Å². The maximum atomic E-state index is 4.74. The molecule has 0 amide bonds. The zero-order valence-electron chi connectivity index (χ0n) is 14.5. The molecule has 7 heteroatoms. The molecule has 1 aromatic carbocycles. The topological polar surface area (TPSA) is 73.8 Å². The zero-order chi connectivity index (χ0) is 17.9. The van der Waals surface area contributed by atoms with Gasteiger partial charge in [0.05, 0.1) is 11.9 Å². The van der Waals surface area contributed by atoms with E-state index >= 15 is 0 Å². The lowest BCUT2D eigenvalue weighted by atomic mass is 10.1. The minimum Gasteiger partial charge on any atom is -0.264 e. The summed E-state index contributed by atoms with van der Waals surface area (Å²) in [5.41, 5.74) is 3.61. The number of rotatable bonds is 4. The molecule has 4 aromatic rings. The number of aromatic nitrogens is 6. The number of para-hydroxylation sites is 1. The summed E-state index contributed by atoms with van der Waals surface area (Å²) in [6.07, 6.45) is 7.27. The fraction of sp³-hybridized carbons (Fsp3) is 0.105. The van der Waals surface area contributed by atoms with E-state index < -0.39 is 0 Å². The van der Waals surface area contributed by atoms with Crippen molar-refractivity contribution in [2.24, 2.45) is 5.10 Å². The monoisotopic (exact) mass is 343 g/mol. The van der Waals surface area contributed by atoms with E-state index in [2.05, 4.69) is 20.3 Å². The average molecular weight is 343 g/mol. The Morgan fingerprint density at radius 2 is 1.73 bits per heavy atom. The zero-order valence-corrected chi connectivity index (χ0v) is 14.5. The molecule has 3 aromatic heterocycles. The molecular weight excluding hydrogens is 326 g/mol. The molecule has 0 unspecified atom stereocenters. The normalized spacial score (nSPS) is 11.3. The highest BCUT2D eigenvalue weighted by molar-refractivity contribution is 5.88. The van der Waals surface area contributed by atoms with Gasteiger partial charge in [-0.15, -0.1) is 10.2 Å². The summed E-state index contributed by atoms with van der Waals surface area (Å²) in [5, 5.41) is 17.3. The highest BCUT2D eigenvalue weighted by atomic mass is 15.4. The van der Waals surface area contributed by atoms with Crippen LogP contribution in [-0.4, -0.2) is 35.9 Å². The van der Waals surface area contributed by atoms with Gasteiger partial charge in [0.1, 0.15) is 5.69 Å². The van der Waals surface area contributed by atoms with E-state index in [1.807, 2.05) is 67.2 Å². The largest absolute Gasteiger partial charge is 0.264 e. The van der Waals surface area contributed by atoms with Crippen LogP contribution in [0.3, 0.4) is 0 Å². The lowest BCUT2D eigenvalue weighted by Gasteiger charge is -2.00. The Bertz CT molecular complexity index is 1030. The molecule has 0 saturated carbocycles. The van der Waals surface area contributed by atoms with Gasteiger partial charge in [-0.25, -0.2) is 9.36 Å². The lowest BCUT2D eigenvalue weighted by Crippen LogP contribution is -1.96. The second-order valence-corrected chi connectivity index (χ2v) is 5.81. The second-order valence-electron chi connectivity index (χ2n) is 5.81. The van der Waals surface area contributed by atoms with Gasteiger partial charge in [0.25, 0.3) is 0 Å². The van der Waals surface area contributed by atoms with Crippen LogP contribution in [0.2, 0.25) is 0 Å². The molecular formula is C19H17N7. The van der Waals surface area contributed by atoms with Crippen molar-refractivity contribution < 1.29 is 0 Å². The maximum Gasteiger partial charge on any atom is 0.151 e. The van der Waals surface area contributed by atoms with Crippen molar-refractivity contribution >= 4 is 6.21 Å². The van der Waals surface area contributed by atoms with Gasteiger partial charge in [-0.05, 0) is 38.1 Å². The van der Waals surface area contributed by atoms with Crippen LogP contribution in [-0.2, 0) is 0 Å². The van der Waals surface area contributed by atoms with Gasteiger partial charge >= 0.3 is 0 Å². The minimum atomic E-state index is 0.733. The minimum absolute atomic E-state index is 0.733. The molecule has 0 N–H and O–H groups in total. The second kappa shape index (κ2) is 6.72. The van der Waals surface area contributed by atoms with Gasteiger partial charge in [0.2, 0.25) is 0 Å². The van der Waals surface area contributed by atoms with Gasteiger partial charge in [0, 0.05) is 29.7 Å². The van der Waals surface area contributed by atoms with Crippen LogP contribution < -0.4 is 0 Å². The third-order valence-electron chi connectivity index (χ3n) is 3.96. The van der Waals surface area contributed by atoms with Crippen LogP contribution in [0.25, 0.3) is 16.9 Å². The fourth-order valence-electron chi connectivity index (χ4n) is 2.67. The standard InChI is InChI=1S/C19H17N7/c1-14-22-23-15(2)26(14)21-12-17-13-25(18-8-4-3-5-9-18)24-19(17)16-7-6-10-20-11-16/h3-13H,1-2H3/b21-12+. The molecule has 0 atom stereocenters. The summed E-state index contributed by atoms with van der Waals surface area (Å²) in [6.45, 7) is 3.74. The Morgan fingerprint density at radius 3 is 2.42 bits per heavy atom. The summed E-state index contributed by atoms with van der Waals surface area (Å²) in [7, 11) is 0. The van der Waals surface area contributed by atoms with E-state index in [0.29, 0.717) is 0 Å². The van der Waals surface area contributed by atoms with Crippen molar-refractivity contribution in [3.8, 4) is 16.9 Å². The number of hydrogen-bond donors (Lipinski definition) is 0. The fourth-order valence-corrected chi connectivity index (χ4v) is 2.67. The summed E-state index contributed by atoms with van der Waals surface area (Å²) in [5.74, 6) is 1.47. The summed E-state index contributed by atoms with van der Waals surface area (Å²) < 4.78 is 3.54. The van der Waals surface area contributed by atoms with Crippen LogP contribution in [0.4, 0.5) is 0 Å². The van der Waals surface area contributed by atoms with E-state index in [4.69, 9.17) is 5.10 Å². The van der Waals surface area contributed by atoms with E-state index in [0.717, 1.165) is 34.2 Å². The number of nitrogens with zero attached hydrogens (tertiary/aromatic N) is 7. The molecule has 3 heterocycles. The van der Waals surface area contributed by atoms with Crippen molar-refractivity contribution in [1.29, 1.82) is 0 Å². The van der Waals surface area contributed by atoms with Crippen LogP contribution in [0.5, 0.6) is 0 Å². The Hall–Kier alpha value is -3.61. The first kappa shape index (κ1) is 15.9. The molecule has 0 aliphatic heterocycles. The maximum absolute atomic E-state index is 4.74. The predicted molar refractivity (Wildman–Crippen MR) is 99.3 cm³/mol. The van der Waals surface area contributed by atoms with Gasteiger partial charge < -0.3 is 0 Å². The summed E-state index contributed by atoms with van der Waals surface area (Å²) >= 11 is 0.